The van der Waals surface area contributed by atoms with Crippen molar-refractivity contribution in [3.8, 4) is 11.1 Å². The number of carbonyl (C=O) groups is 1. The number of pyridine rings is 2. The Balaban J connectivity index is 1.67. The largest absolute Gasteiger partial charge is 0.461 e. The maximum absolute atomic E-state index is 12.9. The normalized spacial score (nSPS) is 12.5. The summed E-state index contributed by atoms with van der Waals surface area (Å²) < 4.78 is 12.4. The Morgan fingerprint density at radius 2 is 2.17 bits per heavy atom. The van der Waals surface area contributed by atoms with Crippen LogP contribution >= 0.6 is 11.3 Å². The van der Waals surface area contributed by atoms with E-state index in [1.807, 2.05) is 13.0 Å². The van der Waals surface area contributed by atoms with Gasteiger partial charge in [-0.05, 0) is 24.6 Å². The van der Waals surface area contributed by atoms with Crippen molar-refractivity contribution in [2.24, 2.45) is 7.05 Å². The summed E-state index contributed by atoms with van der Waals surface area (Å²) in [6, 6.07) is 3.64. The smallest absolute Gasteiger partial charge is 0.302 e. The molecule has 0 aromatic carbocycles. The van der Waals surface area contributed by atoms with Crippen LogP contribution in [-0.4, -0.2) is 40.2 Å². The van der Waals surface area contributed by atoms with Gasteiger partial charge in [0.15, 0.2) is 5.13 Å². The maximum Gasteiger partial charge on any atom is 0.302 e. The first-order valence-corrected chi connectivity index (χ1v) is 12.4. The molecule has 4 rings (SSSR count). The molecule has 1 aliphatic heterocycles. The topological polar surface area (TPSA) is 119 Å². The van der Waals surface area contributed by atoms with E-state index < -0.39 is 0 Å². The average Bonchev–Trinajstić information content (AvgIpc) is 3.25. The molecular weight excluding hydrogens is 480 g/mol. The van der Waals surface area contributed by atoms with Gasteiger partial charge < -0.3 is 30.0 Å². The molecule has 0 saturated carbocycles. The van der Waals surface area contributed by atoms with E-state index >= 15 is 0 Å². The third-order valence-electron chi connectivity index (χ3n) is 5.55. The first-order chi connectivity index (χ1) is 17.3. The standard InChI is InChI=1S/C25H30N6O4S/c1-15(2)26-8-9-28-23-19(13-35-16(3)32)18(5-7-27-23)17-11-21(24(33)31(4)12-17)30-25-29-20-6-10-34-14-22(20)36-25/h5,7,11-12,26H,1,6,8-10,13-14H2,2-4H3,(H,27,28)(H,29,30). The van der Waals surface area contributed by atoms with Crippen LogP contribution in [0.2, 0.25) is 0 Å². The van der Waals surface area contributed by atoms with Crippen molar-refractivity contribution in [2.75, 3.05) is 30.3 Å². The number of anilines is 3. The average molecular weight is 511 g/mol. The number of rotatable bonds is 10. The number of esters is 1. The van der Waals surface area contributed by atoms with Gasteiger partial charge in [0.25, 0.3) is 5.56 Å². The molecule has 11 heteroatoms. The third-order valence-corrected chi connectivity index (χ3v) is 6.54. The van der Waals surface area contributed by atoms with Gasteiger partial charge in [-0.3, -0.25) is 9.59 Å². The number of ether oxygens (including phenoxy) is 2. The fraction of sp³-hybridized carbons (Fsp3) is 0.360. The zero-order chi connectivity index (χ0) is 25.7. The first kappa shape index (κ1) is 25.4. The van der Waals surface area contributed by atoms with Crippen molar-refractivity contribution in [1.82, 2.24) is 19.9 Å². The Hall–Kier alpha value is -3.70. The van der Waals surface area contributed by atoms with Gasteiger partial charge in [-0.25, -0.2) is 9.97 Å². The summed E-state index contributed by atoms with van der Waals surface area (Å²) in [6.07, 6.45) is 4.21. The molecule has 0 atom stereocenters. The molecule has 3 aromatic heterocycles. The summed E-state index contributed by atoms with van der Waals surface area (Å²) in [7, 11) is 1.70. The summed E-state index contributed by atoms with van der Waals surface area (Å²) in [5, 5.41) is 10.3. The Kier molecular flexibility index (Phi) is 8.01. The molecule has 0 bridgehead atoms. The molecule has 0 amide bonds. The van der Waals surface area contributed by atoms with E-state index in [9.17, 15) is 9.59 Å². The van der Waals surface area contributed by atoms with Gasteiger partial charge in [-0.2, -0.15) is 0 Å². The van der Waals surface area contributed by atoms with Crippen LogP contribution in [-0.2, 0) is 41.0 Å². The lowest BCUT2D eigenvalue weighted by atomic mass is 10.0. The van der Waals surface area contributed by atoms with Crippen molar-refractivity contribution in [2.45, 2.75) is 33.5 Å². The molecule has 36 heavy (non-hydrogen) atoms. The molecule has 0 saturated heterocycles. The van der Waals surface area contributed by atoms with Gasteiger partial charge in [0, 0.05) is 62.7 Å². The Labute approximate surface area is 213 Å². The van der Waals surface area contributed by atoms with Crippen LogP contribution in [0.25, 0.3) is 11.1 Å². The second-order valence-electron chi connectivity index (χ2n) is 8.47. The molecule has 3 aromatic rings. The van der Waals surface area contributed by atoms with Gasteiger partial charge in [0.2, 0.25) is 0 Å². The number of hydrogen-bond acceptors (Lipinski definition) is 10. The predicted octanol–water partition coefficient (Wildman–Crippen LogP) is 3.32. The van der Waals surface area contributed by atoms with Crippen LogP contribution in [0.1, 0.15) is 30.0 Å². The van der Waals surface area contributed by atoms with Gasteiger partial charge in [-0.15, -0.1) is 0 Å². The molecule has 10 nitrogen and oxygen atoms in total. The molecule has 190 valence electrons. The Morgan fingerprint density at radius 1 is 1.33 bits per heavy atom. The van der Waals surface area contributed by atoms with Gasteiger partial charge >= 0.3 is 5.97 Å². The second-order valence-corrected chi connectivity index (χ2v) is 9.56. The van der Waals surface area contributed by atoms with E-state index in [1.165, 1.54) is 22.8 Å². The first-order valence-electron chi connectivity index (χ1n) is 11.6. The van der Waals surface area contributed by atoms with E-state index in [0.717, 1.165) is 39.4 Å². The van der Waals surface area contributed by atoms with E-state index in [2.05, 4.69) is 32.5 Å². The number of nitrogens with zero attached hydrogens (tertiary/aromatic N) is 3. The summed E-state index contributed by atoms with van der Waals surface area (Å²) >= 11 is 1.49. The lowest BCUT2D eigenvalue weighted by Gasteiger charge is -2.17. The number of carbonyl (C=O) groups excluding carboxylic acids is 1. The van der Waals surface area contributed by atoms with Crippen molar-refractivity contribution in [3.05, 3.63) is 63.3 Å². The number of nitrogens with one attached hydrogen (secondary N) is 3. The molecule has 3 N–H and O–H groups in total. The highest BCUT2D eigenvalue weighted by molar-refractivity contribution is 7.15. The minimum atomic E-state index is -0.390. The number of thiazole rings is 1. The quantitative estimate of drug-likeness (QED) is 0.279. The molecule has 0 aliphatic carbocycles. The van der Waals surface area contributed by atoms with Gasteiger partial charge in [-0.1, -0.05) is 17.9 Å². The second kappa shape index (κ2) is 11.4. The number of aryl methyl sites for hydroxylation is 1. The minimum Gasteiger partial charge on any atom is -0.461 e. The van der Waals surface area contributed by atoms with E-state index in [0.29, 0.717) is 42.9 Å². The van der Waals surface area contributed by atoms with Crippen LogP contribution in [0.4, 0.5) is 16.6 Å². The number of aromatic nitrogens is 3. The summed E-state index contributed by atoms with van der Waals surface area (Å²) in [4.78, 5) is 34.7. The van der Waals surface area contributed by atoms with Crippen LogP contribution in [0, 0.1) is 0 Å². The fourth-order valence-corrected chi connectivity index (χ4v) is 4.79. The number of fused-ring (bicyclic) bond motifs is 1. The number of allylic oxidation sites excluding steroid dienone is 1. The minimum absolute atomic E-state index is 0.0412. The Bertz CT molecular complexity index is 1310. The third kappa shape index (κ3) is 6.10. The van der Waals surface area contributed by atoms with Crippen LogP contribution in [0.15, 0.2) is 41.6 Å². The summed E-state index contributed by atoms with van der Waals surface area (Å²) in [5.74, 6) is 0.215. The fourth-order valence-electron chi connectivity index (χ4n) is 3.83. The highest BCUT2D eigenvalue weighted by atomic mass is 32.1. The van der Waals surface area contributed by atoms with Crippen LogP contribution in [0.3, 0.4) is 0 Å². The van der Waals surface area contributed by atoms with Gasteiger partial charge in [0.05, 0.1) is 23.8 Å². The molecule has 4 heterocycles. The van der Waals surface area contributed by atoms with Crippen LogP contribution < -0.4 is 21.5 Å². The molecule has 0 radical (unpaired) electrons. The van der Waals surface area contributed by atoms with Crippen molar-refractivity contribution >= 4 is 33.9 Å². The molecule has 0 fully saturated rings. The SMILES string of the molecule is C=C(C)NCCNc1nccc(-c2cc(Nc3nc4c(s3)COCC4)c(=O)n(C)c2)c1COC(C)=O. The highest BCUT2D eigenvalue weighted by Gasteiger charge is 2.18. The van der Waals surface area contributed by atoms with Crippen LogP contribution in [0.5, 0.6) is 0 Å². The predicted molar refractivity (Wildman–Crippen MR) is 140 cm³/mol. The zero-order valence-corrected chi connectivity index (χ0v) is 21.5. The summed E-state index contributed by atoms with van der Waals surface area (Å²) in [5.41, 5.74) is 4.40. The molecule has 0 unspecified atom stereocenters. The molecule has 1 aliphatic rings. The maximum atomic E-state index is 12.9. The zero-order valence-electron chi connectivity index (χ0n) is 20.6. The molecule has 0 spiro atoms. The monoisotopic (exact) mass is 510 g/mol. The summed E-state index contributed by atoms with van der Waals surface area (Å²) in [6.45, 7) is 9.58. The van der Waals surface area contributed by atoms with E-state index in [-0.39, 0.29) is 18.1 Å². The van der Waals surface area contributed by atoms with Crippen molar-refractivity contribution < 1.29 is 14.3 Å². The van der Waals surface area contributed by atoms with E-state index in [4.69, 9.17) is 9.47 Å². The van der Waals surface area contributed by atoms with E-state index in [1.54, 1.807) is 25.5 Å². The lowest BCUT2D eigenvalue weighted by molar-refractivity contribution is -0.142. The highest BCUT2D eigenvalue weighted by Crippen LogP contribution is 2.32. The Morgan fingerprint density at radius 3 is 2.92 bits per heavy atom. The van der Waals surface area contributed by atoms with Gasteiger partial charge in [0.1, 0.15) is 18.1 Å². The van der Waals surface area contributed by atoms with Crippen molar-refractivity contribution in [3.63, 3.8) is 0 Å². The molecular formula is C25H30N6O4S. The number of hydrogen-bond donors (Lipinski definition) is 3. The lowest BCUT2D eigenvalue weighted by Crippen LogP contribution is -2.21. The van der Waals surface area contributed by atoms with Crippen molar-refractivity contribution in [1.29, 1.82) is 0 Å².